The lowest BCUT2D eigenvalue weighted by Gasteiger charge is -2.14. The molecule has 2 rings (SSSR count). The quantitative estimate of drug-likeness (QED) is 0.801. The van der Waals surface area contributed by atoms with Gasteiger partial charge < -0.3 is 5.32 Å². The number of anilines is 1. The molecule has 0 aliphatic carbocycles. The second-order valence-electron chi connectivity index (χ2n) is 5.86. The van der Waals surface area contributed by atoms with E-state index in [0.29, 0.717) is 17.2 Å². The predicted molar refractivity (Wildman–Crippen MR) is 96.9 cm³/mol. The van der Waals surface area contributed by atoms with Gasteiger partial charge in [-0.1, -0.05) is 30.4 Å². The number of nitrogens with one attached hydrogen (secondary N) is 1. The highest BCUT2D eigenvalue weighted by Gasteiger charge is 2.21. The van der Waals surface area contributed by atoms with Crippen molar-refractivity contribution in [2.24, 2.45) is 0 Å². The van der Waals surface area contributed by atoms with Crippen LogP contribution in [0.3, 0.4) is 0 Å². The van der Waals surface area contributed by atoms with Crippen LogP contribution < -0.4 is 5.32 Å². The van der Waals surface area contributed by atoms with E-state index in [2.05, 4.69) is 19.2 Å². The monoisotopic (exact) mass is 362 g/mol. The van der Waals surface area contributed by atoms with E-state index in [-0.39, 0.29) is 10.8 Å². The van der Waals surface area contributed by atoms with Gasteiger partial charge in [-0.15, -0.1) is 0 Å². The Morgan fingerprint density at radius 2 is 1.76 bits per heavy atom. The molecule has 0 aliphatic rings. The van der Waals surface area contributed by atoms with Crippen molar-refractivity contribution in [3.05, 3.63) is 59.7 Å². The van der Waals surface area contributed by atoms with Crippen LogP contribution in [0, 0.1) is 0 Å². The molecular formula is C18H22N2O4S. The second-order valence-corrected chi connectivity index (χ2v) is 7.79. The van der Waals surface area contributed by atoms with Gasteiger partial charge in [0, 0.05) is 18.3 Å². The third kappa shape index (κ3) is 4.45. The Bertz CT molecular complexity index is 846. The van der Waals surface area contributed by atoms with Gasteiger partial charge in [0.05, 0.1) is 12.0 Å². The molecule has 2 aromatic carbocycles. The fourth-order valence-electron chi connectivity index (χ4n) is 2.20. The molecule has 0 saturated heterocycles. The van der Waals surface area contributed by atoms with E-state index in [9.17, 15) is 13.2 Å². The van der Waals surface area contributed by atoms with E-state index < -0.39 is 10.0 Å². The summed E-state index contributed by atoms with van der Waals surface area (Å²) < 4.78 is 25.0. The molecule has 0 atom stereocenters. The number of sulfonamides is 1. The first-order valence-electron chi connectivity index (χ1n) is 7.80. The standard InChI is InChI=1S/C18H22N2O4S/c1-13(2)15-6-5-7-16(12-15)19-18(21)14-8-10-17(11-9-14)25(22,23)20(3)24-4/h5-13H,1-4H3,(H,19,21). The fourth-order valence-corrected chi connectivity index (χ4v) is 3.18. The van der Waals surface area contributed by atoms with Gasteiger partial charge in [0.15, 0.2) is 0 Å². The van der Waals surface area contributed by atoms with Crippen LogP contribution in [0.1, 0.15) is 35.7 Å². The SMILES string of the molecule is CON(C)S(=O)(=O)c1ccc(C(=O)Nc2cccc(C(C)C)c2)cc1. The zero-order valence-electron chi connectivity index (χ0n) is 14.7. The van der Waals surface area contributed by atoms with Gasteiger partial charge in [0.2, 0.25) is 0 Å². The molecule has 25 heavy (non-hydrogen) atoms. The van der Waals surface area contributed by atoms with Gasteiger partial charge in [-0.3, -0.25) is 9.63 Å². The number of benzene rings is 2. The number of hydroxylamine groups is 1. The van der Waals surface area contributed by atoms with Gasteiger partial charge in [-0.25, -0.2) is 8.42 Å². The molecule has 7 heteroatoms. The maximum absolute atomic E-state index is 12.4. The molecule has 0 radical (unpaired) electrons. The Morgan fingerprint density at radius 3 is 2.32 bits per heavy atom. The van der Waals surface area contributed by atoms with Crippen LogP contribution >= 0.6 is 0 Å². The molecule has 0 aliphatic heterocycles. The largest absolute Gasteiger partial charge is 0.322 e. The van der Waals surface area contributed by atoms with Crippen molar-refractivity contribution in [2.45, 2.75) is 24.7 Å². The number of hydrogen-bond acceptors (Lipinski definition) is 4. The van der Waals surface area contributed by atoms with Crippen LogP contribution in [-0.2, 0) is 14.9 Å². The minimum absolute atomic E-state index is 0.0511. The summed E-state index contributed by atoms with van der Waals surface area (Å²) in [7, 11) is -1.15. The number of hydrogen-bond donors (Lipinski definition) is 1. The number of carbonyl (C=O) groups excluding carboxylic acids is 1. The molecule has 0 saturated carbocycles. The summed E-state index contributed by atoms with van der Waals surface area (Å²) in [5, 5.41) is 2.82. The van der Waals surface area contributed by atoms with E-state index in [1.165, 1.54) is 38.4 Å². The van der Waals surface area contributed by atoms with Crippen molar-refractivity contribution in [2.75, 3.05) is 19.5 Å². The van der Waals surface area contributed by atoms with Gasteiger partial charge in [-0.05, 0) is 47.9 Å². The van der Waals surface area contributed by atoms with E-state index in [1.807, 2.05) is 24.3 Å². The molecule has 0 unspecified atom stereocenters. The van der Waals surface area contributed by atoms with Crippen molar-refractivity contribution >= 4 is 21.6 Å². The number of rotatable bonds is 6. The highest BCUT2D eigenvalue weighted by Crippen LogP contribution is 2.20. The Balaban J connectivity index is 2.17. The first-order valence-corrected chi connectivity index (χ1v) is 9.24. The fraction of sp³-hybridized carbons (Fsp3) is 0.278. The summed E-state index contributed by atoms with van der Waals surface area (Å²) in [5.41, 5.74) is 2.20. The van der Waals surface area contributed by atoms with Crippen molar-refractivity contribution in [3.63, 3.8) is 0 Å². The molecule has 0 fully saturated rings. The van der Waals surface area contributed by atoms with Crippen LogP contribution in [0.2, 0.25) is 0 Å². The zero-order valence-corrected chi connectivity index (χ0v) is 15.5. The van der Waals surface area contributed by atoms with Crippen molar-refractivity contribution in [1.82, 2.24) is 4.47 Å². The lowest BCUT2D eigenvalue weighted by molar-refractivity contribution is -0.0258. The van der Waals surface area contributed by atoms with E-state index in [0.717, 1.165) is 10.0 Å². The maximum atomic E-state index is 12.4. The minimum Gasteiger partial charge on any atom is -0.322 e. The number of carbonyl (C=O) groups is 1. The molecule has 0 spiro atoms. The summed E-state index contributed by atoms with van der Waals surface area (Å²) in [6.07, 6.45) is 0. The zero-order chi connectivity index (χ0) is 18.6. The Labute approximate surface area is 148 Å². The summed E-state index contributed by atoms with van der Waals surface area (Å²) >= 11 is 0. The van der Waals surface area contributed by atoms with Gasteiger partial charge in [0.1, 0.15) is 0 Å². The third-order valence-corrected chi connectivity index (χ3v) is 5.52. The predicted octanol–water partition coefficient (Wildman–Crippen LogP) is 3.24. The van der Waals surface area contributed by atoms with Crippen molar-refractivity contribution in [1.29, 1.82) is 0 Å². The second kappa shape index (κ2) is 7.77. The molecular weight excluding hydrogens is 340 g/mol. The molecule has 0 aromatic heterocycles. The maximum Gasteiger partial charge on any atom is 0.264 e. The number of amides is 1. The van der Waals surface area contributed by atoms with Crippen LogP contribution in [0.5, 0.6) is 0 Å². The lowest BCUT2D eigenvalue weighted by atomic mass is 10.0. The molecule has 134 valence electrons. The van der Waals surface area contributed by atoms with Crippen LogP contribution in [0.15, 0.2) is 53.4 Å². The lowest BCUT2D eigenvalue weighted by Crippen LogP contribution is -2.25. The average Bonchev–Trinajstić information content (AvgIpc) is 2.61. The smallest absolute Gasteiger partial charge is 0.264 e. The first kappa shape index (κ1) is 19.1. The van der Waals surface area contributed by atoms with Crippen LogP contribution in [0.4, 0.5) is 5.69 Å². The Hall–Kier alpha value is -2.22. The molecule has 2 aromatic rings. The number of nitrogens with zero attached hydrogens (tertiary/aromatic N) is 1. The topological polar surface area (TPSA) is 75.7 Å². The molecule has 0 bridgehead atoms. The summed E-state index contributed by atoms with van der Waals surface area (Å²) in [6.45, 7) is 4.16. The molecule has 1 amide bonds. The van der Waals surface area contributed by atoms with Crippen molar-refractivity contribution < 1.29 is 18.0 Å². The van der Waals surface area contributed by atoms with E-state index in [4.69, 9.17) is 4.84 Å². The molecule has 1 N–H and O–H groups in total. The van der Waals surface area contributed by atoms with Crippen LogP contribution in [0.25, 0.3) is 0 Å². The van der Waals surface area contributed by atoms with Crippen LogP contribution in [-0.4, -0.2) is 33.0 Å². The normalized spacial score (nSPS) is 11.8. The molecule has 6 nitrogen and oxygen atoms in total. The van der Waals surface area contributed by atoms with Gasteiger partial charge in [-0.2, -0.15) is 0 Å². The minimum atomic E-state index is -3.73. The highest BCUT2D eigenvalue weighted by atomic mass is 32.2. The van der Waals surface area contributed by atoms with E-state index in [1.54, 1.807) is 0 Å². The Kier molecular flexibility index (Phi) is 5.94. The van der Waals surface area contributed by atoms with E-state index >= 15 is 0 Å². The first-order chi connectivity index (χ1) is 11.8. The average molecular weight is 362 g/mol. The Morgan fingerprint density at radius 1 is 1.12 bits per heavy atom. The van der Waals surface area contributed by atoms with Gasteiger partial charge >= 0.3 is 0 Å². The summed E-state index contributed by atoms with van der Waals surface area (Å²) in [6, 6.07) is 13.3. The highest BCUT2D eigenvalue weighted by molar-refractivity contribution is 7.89. The van der Waals surface area contributed by atoms with Crippen molar-refractivity contribution in [3.8, 4) is 0 Å². The summed E-state index contributed by atoms with van der Waals surface area (Å²) in [5.74, 6) is 0.0593. The molecule has 0 heterocycles. The van der Waals surface area contributed by atoms with Gasteiger partial charge in [0.25, 0.3) is 15.9 Å². The third-order valence-electron chi connectivity index (χ3n) is 3.82. The summed E-state index contributed by atoms with van der Waals surface area (Å²) in [4.78, 5) is 17.1.